The number of hydrogen-bond acceptors (Lipinski definition) is 10. The third kappa shape index (κ3) is 10.3. The van der Waals surface area contributed by atoms with Crippen LogP contribution in [-0.4, -0.2) is 110 Å². The van der Waals surface area contributed by atoms with E-state index in [4.69, 9.17) is 23.7 Å². The fourth-order valence-corrected chi connectivity index (χ4v) is 18.9. The van der Waals surface area contributed by atoms with E-state index >= 15 is 17.6 Å². The smallest absolute Gasteiger partial charge is 0.456 e. The van der Waals surface area contributed by atoms with Crippen LogP contribution in [0.3, 0.4) is 0 Å². The summed E-state index contributed by atoms with van der Waals surface area (Å²) in [5.41, 5.74) is -7.04. The van der Waals surface area contributed by atoms with Crippen LogP contribution in [0.5, 0.6) is 11.5 Å². The Morgan fingerprint density at radius 2 is 0.865 bits per heavy atom. The lowest BCUT2D eigenvalue weighted by atomic mass is 9.49. The Kier molecular flexibility index (Phi) is 15.6. The number of alkyl halides is 10. The number of phenolic OH excluding ortho intramolecular Hbond substituents is 1. The van der Waals surface area contributed by atoms with Gasteiger partial charge in [-0.05, 0) is 153 Å². The van der Waals surface area contributed by atoms with Gasteiger partial charge in [0.05, 0.1) is 37.6 Å². The standard InChI is InChI=1S/C38H45F5O5.C31H39F5O5/c1-32(2)22-47-35(48-23-32)17-14-30-31-27(13-16-34(30,44)21-35)29-15-18-36(45,37(39,40)38(41,42)43)33(29,3)19-28(31)25-9-11-26(12-10-25)46-20-24-7-5-4-6-8-24;1-25(2)16-40-28(41-17-25)12-9-23-24-20(8-11-27(23,38)15-28)22-10-13-29(39,30(32,33)31(34,35)36)26(22,3)14-21(24)18-4-6-19(37)7-5-18/h4-12,27-29,44-45H,13-23H2,1-3H3;4-7,20-22,37-39H,8-17H2,1-3H3/t27?,28-,29?,33+,34-,36+;20?,21-,22?,26+,27-,29+/m11/s1. The van der Waals surface area contributed by atoms with Crippen LogP contribution in [0.1, 0.15) is 173 Å². The largest absolute Gasteiger partial charge is 0.508 e. The molecule has 5 N–H and O–H groups in total. The van der Waals surface area contributed by atoms with Crippen molar-refractivity contribution in [2.45, 2.75) is 221 Å². The summed E-state index contributed by atoms with van der Waals surface area (Å²) in [5.74, 6) is -15.0. The predicted molar refractivity (Wildman–Crippen MR) is 308 cm³/mol. The molecule has 3 aromatic rings. The number of allylic oxidation sites excluding steroid dienone is 2. The Balaban J connectivity index is 0.000000175. The molecule has 8 fully saturated rings. The number of fused-ring (bicyclic) bond motifs is 8. The van der Waals surface area contributed by atoms with Crippen molar-refractivity contribution in [2.75, 3.05) is 26.4 Å². The van der Waals surface area contributed by atoms with Crippen molar-refractivity contribution < 1.29 is 93.1 Å². The van der Waals surface area contributed by atoms with Gasteiger partial charge in [0.2, 0.25) is 0 Å². The van der Waals surface area contributed by atoms with Gasteiger partial charge in [-0.2, -0.15) is 43.9 Å². The van der Waals surface area contributed by atoms with Gasteiger partial charge >= 0.3 is 24.2 Å². The monoisotopic (exact) mass is 1260 g/mol. The lowest BCUT2D eigenvalue weighted by Crippen LogP contribution is -2.65. The molecule has 12 atom stereocenters. The lowest BCUT2D eigenvalue weighted by molar-refractivity contribution is -0.362. The molecule has 13 rings (SSSR count). The molecule has 10 aliphatic rings. The van der Waals surface area contributed by atoms with Crippen molar-refractivity contribution in [1.29, 1.82) is 0 Å². The van der Waals surface area contributed by atoms with E-state index in [2.05, 4.69) is 13.8 Å². The number of aliphatic hydroxyl groups is 4. The Bertz CT molecular complexity index is 3200. The van der Waals surface area contributed by atoms with Crippen LogP contribution in [0, 0.1) is 45.3 Å². The molecule has 2 spiro atoms. The third-order valence-corrected chi connectivity index (χ3v) is 23.6. The van der Waals surface area contributed by atoms with Gasteiger partial charge in [0.15, 0.2) is 11.6 Å². The second-order valence-electron chi connectivity index (χ2n) is 30.3. The Labute approximate surface area is 513 Å². The molecule has 10 nitrogen and oxygen atoms in total. The fourth-order valence-electron chi connectivity index (χ4n) is 18.9. The Hall–Kier alpha value is -4.28. The topological polar surface area (TPSA) is 147 Å². The number of halogens is 10. The summed E-state index contributed by atoms with van der Waals surface area (Å²) >= 11 is 0. The number of rotatable bonds is 7. The van der Waals surface area contributed by atoms with Crippen molar-refractivity contribution in [2.24, 2.45) is 45.3 Å². The summed E-state index contributed by atoms with van der Waals surface area (Å²) in [4.78, 5) is 0. The van der Waals surface area contributed by atoms with Crippen LogP contribution in [0.4, 0.5) is 43.9 Å². The Morgan fingerprint density at radius 3 is 1.25 bits per heavy atom. The third-order valence-electron chi connectivity index (χ3n) is 23.6. The zero-order valence-corrected chi connectivity index (χ0v) is 51.4. The van der Waals surface area contributed by atoms with Crippen molar-refractivity contribution in [3.05, 3.63) is 118 Å². The maximum atomic E-state index is 15.4. The van der Waals surface area contributed by atoms with E-state index < -0.39 is 106 Å². The van der Waals surface area contributed by atoms with E-state index in [0.717, 1.165) is 33.4 Å². The maximum absolute atomic E-state index is 15.4. The van der Waals surface area contributed by atoms with Gasteiger partial charge in [0.25, 0.3) is 0 Å². The molecule has 2 saturated heterocycles. The molecule has 89 heavy (non-hydrogen) atoms. The number of hydrogen-bond donors (Lipinski definition) is 5. The average Bonchev–Trinajstić information content (AvgIpc) is 1.65. The molecule has 4 unspecified atom stereocenters. The molecular formula is C69H84F10O10. The van der Waals surface area contributed by atoms with Crippen LogP contribution >= 0.6 is 0 Å². The number of phenols is 1. The van der Waals surface area contributed by atoms with Crippen LogP contribution in [0.25, 0.3) is 0 Å². The highest BCUT2D eigenvalue weighted by Gasteiger charge is 2.81. The van der Waals surface area contributed by atoms with Gasteiger partial charge in [-0.1, -0.05) is 107 Å². The highest BCUT2D eigenvalue weighted by Crippen LogP contribution is 2.74. The van der Waals surface area contributed by atoms with Crippen molar-refractivity contribution in [1.82, 2.24) is 0 Å². The van der Waals surface area contributed by atoms with Crippen LogP contribution in [-0.2, 0) is 25.6 Å². The quantitative estimate of drug-likeness (QED) is 0.114. The van der Waals surface area contributed by atoms with E-state index in [0.29, 0.717) is 95.7 Å². The summed E-state index contributed by atoms with van der Waals surface area (Å²) in [5, 5.41) is 57.4. The molecule has 0 bridgehead atoms. The van der Waals surface area contributed by atoms with E-state index in [1.807, 2.05) is 56.3 Å². The van der Waals surface area contributed by atoms with Gasteiger partial charge in [-0.25, -0.2) is 0 Å². The van der Waals surface area contributed by atoms with Crippen molar-refractivity contribution in [3.63, 3.8) is 0 Å². The lowest BCUT2D eigenvalue weighted by Gasteiger charge is -2.59. The van der Waals surface area contributed by atoms with Crippen LogP contribution < -0.4 is 4.74 Å². The van der Waals surface area contributed by atoms with E-state index in [-0.39, 0.29) is 66.9 Å². The van der Waals surface area contributed by atoms with E-state index in [9.17, 15) is 51.9 Å². The molecule has 0 amide bonds. The van der Waals surface area contributed by atoms with E-state index in [1.165, 1.54) is 26.0 Å². The molecule has 0 radical (unpaired) electrons. The number of ether oxygens (including phenoxy) is 5. The van der Waals surface area contributed by atoms with Crippen LogP contribution in [0.15, 0.2) is 101 Å². The first-order valence-electron chi connectivity index (χ1n) is 31.7. The molecule has 3 aromatic carbocycles. The first-order chi connectivity index (χ1) is 41.3. The number of aromatic hydroxyl groups is 1. The van der Waals surface area contributed by atoms with Gasteiger partial charge in [-0.15, -0.1) is 0 Å². The summed E-state index contributed by atoms with van der Waals surface area (Å²) in [7, 11) is 0. The van der Waals surface area contributed by atoms with Gasteiger partial charge in [0.1, 0.15) is 29.3 Å². The predicted octanol–water partition coefficient (Wildman–Crippen LogP) is 15.1. The maximum Gasteiger partial charge on any atom is 0.456 e. The highest BCUT2D eigenvalue weighted by atomic mass is 19.4. The van der Waals surface area contributed by atoms with Crippen molar-refractivity contribution in [3.8, 4) is 11.5 Å². The van der Waals surface area contributed by atoms with Gasteiger partial charge in [0, 0.05) is 59.2 Å². The second-order valence-corrected chi connectivity index (χ2v) is 30.3. The summed E-state index contributed by atoms with van der Waals surface area (Å²) in [6, 6.07) is 23.1. The minimum atomic E-state index is -5.90. The first kappa shape index (κ1) is 64.8. The molecule has 20 heteroatoms. The number of benzene rings is 3. The zero-order chi connectivity index (χ0) is 64.2. The first-order valence-corrected chi connectivity index (χ1v) is 31.7. The highest BCUT2D eigenvalue weighted by molar-refractivity contribution is 5.47. The molecule has 6 saturated carbocycles. The fraction of sp³-hybridized carbons (Fsp3) is 0.681. The SMILES string of the molecule is CC1(C)COC2(CCC3=C4C(CC[C@@]3(O)C2)C2CC[C@@](O)(C(F)(F)C(F)(F)F)[C@@]2(C)C[C@@H]4c2ccc(O)cc2)OC1.CC1(C)COC2(CCC3=C4C(CC[C@@]3(O)C2)C2CC[C@@](O)(C(F)(F)C(F)(F)F)[C@@]2(C)C[C@@H]4c2ccc(OCc3ccccc3)cc2)OC1. The average molecular weight is 1260 g/mol. The molecule has 0 aromatic heterocycles. The molecule has 8 aliphatic carbocycles. The normalized spacial score (nSPS) is 37.9. The van der Waals surface area contributed by atoms with Gasteiger partial charge in [-0.3, -0.25) is 0 Å². The summed E-state index contributed by atoms with van der Waals surface area (Å²) < 4.78 is 175. The summed E-state index contributed by atoms with van der Waals surface area (Å²) in [6.07, 6.45) is -9.49. The van der Waals surface area contributed by atoms with Gasteiger partial charge < -0.3 is 49.2 Å². The summed E-state index contributed by atoms with van der Waals surface area (Å²) in [6.45, 7) is 13.3. The van der Waals surface area contributed by atoms with E-state index in [1.54, 1.807) is 24.3 Å². The minimum absolute atomic E-state index is 0.00176. The van der Waals surface area contributed by atoms with Crippen LogP contribution in [0.2, 0.25) is 0 Å². The Morgan fingerprint density at radius 1 is 0.483 bits per heavy atom. The molecule has 2 aliphatic heterocycles. The van der Waals surface area contributed by atoms with Crippen molar-refractivity contribution >= 4 is 0 Å². The second kappa shape index (κ2) is 21.4. The molecule has 2 heterocycles. The zero-order valence-electron chi connectivity index (χ0n) is 51.4. The minimum Gasteiger partial charge on any atom is -0.508 e. The molecular weight excluding hydrogens is 1180 g/mol. The molecule has 490 valence electrons.